The summed E-state index contributed by atoms with van der Waals surface area (Å²) in [6, 6.07) is 4.21. The van der Waals surface area contributed by atoms with Gasteiger partial charge in [0.2, 0.25) is 0 Å². The van der Waals surface area contributed by atoms with Gasteiger partial charge in [-0.3, -0.25) is 4.90 Å². The molecule has 0 radical (unpaired) electrons. The molecule has 1 aromatic carbocycles. The van der Waals surface area contributed by atoms with Crippen molar-refractivity contribution in [2.24, 2.45) is 0 Å². The molecule has 0 spiro atoms. The van der Waals surface area contributed by atoms with Gasteiger partial charge < -0.3 is 9.47 Å². The lowest BCUT2D eigenvalue weighted by Gasteiger charge is -2.26. The van der Waals surface area contributed by atoms with Crippen molar-refractivity contribution in [3.8, 4) is 5.75 Å². The Balaban J connectivity index is 1.93. The van der Waals surface area contributed by atoms with Gasteiger partial charge in [-0.1, -0.05) is 13.8 Å². The highest BCUT2D eigenvalue weighted by Gasteiger charge is 2.31. The van der Waals surface area contributed by atoms with Crippen LogP contribution >= 0.6 is 0 Å². The first-order valence-corrected chi connectivity index (χ1v) is 9.85. The van der Waals surface area contributed by atoms with Gasteiger partial charge in [0.1, 0.15) is 12.2 Å². The van der Waals surface area contributed by atoms with E-state index in [0.29, 0.717) is 12.2 Å². The summed E-state index contributed by atoms with van der Waals surface area (Å²) < 4.78 is 25.4. The molecule has 0 aliphatic heterocycles. The summed E-state index contributed by atoms with van der Waals surface area (Å²) in [5.74, 6) is -0.728. The first-order valence-electron chi connectivity index (χ1n) is 9.85. The molecule has 0 aromatic heterocycles. The van der Waals surface area contributed by atoms with Crippen molar-refractivity contribution < 1.29 is 18.7 Å². The van der Waals surface area contributed by atoms with Crippen molar-refractivity contribution in [3.63, 3.8) is 0 Å². The summed E-state index contributed by atoms with van der Waals surface area (Å²) in [7, 11) is 0. The van der Waals surface area contributed by atoms with Crippen molar-refractivity contribution in [3.05, 3.63) is 29.6 Å². The maximum absolute atomic E-state index is 14.1. The molecular formula is C21H32FNO3. The molecule has 0 atom stereocenters. The van der Waals surface area contributed by atoms with Crippen molar-refractivity contribution >= 4 is 5.97 Å². The number of carbonyl (C=O) groups excluding carboxylic acids is 1. The molecule has 1 aliphatic rings. The molecule has 0 unspecified atom stereocenters. The van der Waals surface area contributed by atoms with E-state index in [4.69, 9.17) is 9.47 Å². The van der Waals surface area contributed by atoms with Crippen LogP contribution in [0.2, 0.25) is 0 Å². The number of halogens is 1. The fourth-order valence-corrected chi connectivity index (χ4v) is 3.52. The second kappa shape index (κ2) is 9.91. The molecule has 1 aliphatic carbocycles. The molecule has 0 bridgehead atoms. The van der Waals surface area contributed by atoms with Crippen LogP contribution in [0.15, 0.2) is 18.2 Å². The van der Waals surface area contributed by atoms with E-state index in [2.05, 4.69) is 18.7 Å². The third kappa shape index (κ3) is 5.97. The van der Waals surface area contributed by atoms with E-state index in [0.717, 1.165) is 58.2 Å². The van der Waals surface area contributed by atoms with Crippen LogP contribution in [0, 0.1) is 5.82 Å². The third-order valence-electron chi connectivity index (χ3n) is 4.90. The highest BCUT2D eigenvalue weighted by Crippen LogP contribution is 2.35. The Kier molecular flexibility index (Phi) is 7.88. The quantitative estimate of drug-likeness (QED) is 0.558. The molecule has 4 nitrogen and oxygen atoms in total. The Bertz CT molecular complexity index is 579. The van der Waals surface area contributed by atoms with Gasteiger partial charge in [-0.2, -0.15) is 0 Å². The van der Waals surface area contributed by atoms with E-state index in [1.165, 1.54) is 18.2 Å². The van der Waals surface area contributed by atoms with E-state index >= 15 is 0 Å². The SMILES string of the molecule is CCCN(CCC)CCOC(=O)c1ccc(F)c(OC2(C)CCCC2)c1. The second-order valence-electron chi connectivity index (χ2n) is 7.38. The second-order valence-corrected chi connectivity index (χ2v) is 7.38. The van der Waals surface area contributed by atoms with Gasteiger partial charge in [-0.25, -0.2) is 9.18 Å². The number of hydrogen-bond donors (Lipinski definition) is 0. The first kappa shape index (κ1) is 20.7. The summed E-state index contributed by atoms with van der Waals surface area (Å²) in [5.41, 5.74) is -0.00926. The molecule has 0 heterocycles. The van der Waals surface area contributed by atoms with Crippen LogP contribution in [0.4, 0.5) is 4.39 Å². The van der Waals surface area contributed by atoms with E-state index in [1.54, 1.807) is 0 Å². The molecule has 0 amide bonds. The number of esters is 1. The Morgan fingerprint density at radius 1 is 1.15 bits per heavy atom. The average Bonchev–Trinajstić information content (AvgIpc) is 3.03. The predicted octanol–water partition coefficient (Wildman–Crippen LogP) is 4.82. The molecule has 26 heavy (non-hydrogen) atoms. The summed E-state index contributed by atoms with van der Waals surface area (Å²) in [5, 5.41) is 0. The number of carbonyl (C=O) groups is 1. The van der Waals surface area contributed by atoms with Gasteiger partial charge in [0.25, 0.3) is 0 Å². The fourth-order valence-electron chi connectivity index (χ4n) is 3.52. The molecule has 1 fully saturated rings. The first-order chi connectivity index (χ1) is 12.5. The van der Waals surface area contributed by atoms with Gasteiger partial charge in [0, 0.05) is 6.54 Å². The lowest BCUT2D eigenvalue weighted by molar-refractivity contribution is 0.0458. The van der Waals surface area contributed by atoms with Gasteiger partial charge in [-0.15, -0.1) is 0 Å². The number of hydrogen-bond acceptors (Lipinski definition) is 4. The van der Waals surface area contributed by atoms with Crippen LogP contribution in [-0.2, 0) is 4.74 Å². The van der Waals surface area contributed by atoms with Crippen molar-refractivity contribution in [1.82, 2.24) is 4.90 Å². The van der Waals surface area contributed by atoms with Crippen LogP contribution in [0.1, 0.15) is 69.7 Å². The zero-order valence-electron chi connectivity index (χ0n) is 16.4. The molecule has 0 N–H and O–H groups in total. The van der Waals surface area contributed by atoms with E-state index < -0.39 is 11.8 Å². The van der Waals surface area contributed by atoms with Crippen molar-refractivity contribution in [2.45, 2.75) is 64.9 Å². The van der Waals surface area contributed by atoms with Crippen molar-refractivity contribution in [1.29, 1.82) is 0 Å². The van der Waals surface area contributed by atoms with Gasteiger partial charge in [0.15, 0.2) is 11.6 Å². The minimum absolute atomic E-state index is 0.141. The molecule has 146 valence electrons. The van der Waals surface area contributed by atoms with E-state index in [1.807, 2.05) is 6.92 Å². The van der Waals surface area contributed by atoms with Gasteiger partial charge in [-0.05, 0) is 76.7 Å². The molecule has 1 saturated carbocycles. The number of nitrogens with zero attached hydrogens (tertiary/aromatic N) is 1. The lowest BCUT2D eigenvalue weighted by atomic mass is 10.1. The van der Waals surface area contributed by atoms with E-state index in [-0.39, 0.29) is 11.4 Å². The molecule has 2 rings (SSSR count). The Morgan fingerprint density at radius 2 is 1.81 bits per heavy atom. The third-order valence-corrected chi connectivity index (χ3v) is 4.90. The minimum Gasteiger partial charge on any atom is -0.484 e. The highest BCUT2D eigenvalue weighted by atomic mass is 19.1. The summed E-state index contributed by atoms with van der Waals surface area (Å²) in [6.45, 7) is 9.33. The maximum Gasteiger partial charge on any atom is 0.338 e. The van der Waals surface area contributed by atoms with Crippen LogP contribution in [0.25, 0.3) is 0 Å². The van der Waals surface area contributed by atoms with Crippen LogP contribution in [0.5, 0.6) is 5.75 Å². The average molecular weight is 365 g/mol. The largest absolute Gasteiger partial charge is 0.484 e. The number of benzene rings is 1. The Morgan fingerprint density at radius 3 is 2.42 bits per heavy atom. The normalized spacial score (nSPS) is 16.0. The Labute approximate surface area is 156 Å². The standard InChI is InChI=1S/C21H32FNO3/c1-4-12-23(13-5-2)14-15-25-20(24)17-8-9-18(22)19(16-17)26-21(3)10-6-7-11-21/h8-9,16H,4-7,10-15H2,1-3H3. The van der Waals surface area contributed by atoms with Crippen LogP contribution in [0.3, 0.4) is 0 Å². The van der Waals surface area contributed by atoms with Gasteiger partial charge in [0.05, 0.1) is 5.56 Å². The zero-order valence-corrected chi connectivity index (χ0v) is 16.4. The van der Waals surface area contributed by atoms with Gasteiger partial charge >= 0.3 is 5.97 Å². The maximum atomic E-state index is 14.1. The van der Waals surface area contributed by atoms with E-state index in [9.17, 15) is 9.18 Å². The number of rotatable bonds is 10. The minimum atomic E-state index is -0.438. The smallest absolute Gasteiger partial charge is 0.338 e. The number of ether oxygens (including phenoxy) is 2. The summed E-state index contributed by atoms with van der Waals surface area (Å²) >= 11 is 0. The molecule has 1 aromatic rings. The van der Waals surface area contributed by atoms with Crippen molar-refractivity contribution in [2.75, 3.05) is 26.2 Å². The topological polar surface area (TPSA) is 38.8 Å². The summed E-state index contributed by atoms with van der Waals surface area (Å²) in [4.78, 5) is 14.6. The predicted molar refractivity (Wildman–Crippen MR) is 101 cm³/mol. The van der Waals surface area contributed by atoms with Crippen LogP contribution < -0.4 is 4.74 Å². The lowest BCUT2D eigenvalue weighted by Crippen LogP contribution is -2.30. The molecule has 0 saturated heterocycles. The molecular weight excluding hydrogens is 333 g/mol. The Hall–Kier alpha value is -1.62. The monoisotopic (exact) mass is 365 g/mol. The zero-order chi connectivity index (χ0) is 19.0. The molecule has 5 heteroatoms. The fraction of sp³-hybridized carbons (Fsp3) is 0.667. The summed E-state index contributed by atoms with van der Waals surface area (Å²) in [6.07, 6.45) is 6.14. The van der Waals surface area contributed by atoms with Crippen LogP contribution in [-0.4, -0.2) is 42.7 Å². The highest BCUT2D eigenvalue weighted by molar-refractivity contribution is 5.89.